The molecule has 0 aliphatic carbocycles. The van der Waals surface area contributed by atoms with E-state index in [1.54, 1.807) is 18.3 Å². The second-order valence-electron chi connectivity index (χ2n) is 8.13. The van der Waals surface area contributed by atoms with Crippen molar-refractivity contribution in [2.24, 2.45) is 5.92 Å². The molecule has 5 nitrogen and oxygen atoms in total. The molecule has 1 amide bonds. The molecule has 1 aromatic carbocycles. The molecular weight excluding hydrogens is 369 g/mol. The summed E-state index contributed by atoms with van der Waals surface area (Å²) in [5.41, 5.74) is 1.65. The number of benzene rings is 1. The van der Waals surface area contributed by atoms with E-state index in [9.17, 15) is 9.18 Å². The molecule has 2 fully saturated rings. The Morgan fingerprint density at radius 2 is 2.03 bits per heavy atom. The summed E-state index contributed by atoms with van der Waals surface area (Å²) >= 11 is 0. The van der Waals surface area contributed by atoms with Gasteiger partial charge in [-0.2, -0.15) is 0 Å². The quantitative estimate of drug-likeness (QED) is 0.842. The first kappa shape index (κ1) is 20.0. The fourth-order valence-corrected chi connectivity index (χ4v) is 4.48. The Hall–Kier alpha value is -2.31. The first-order valence-electron chi connectivity index (χ1n) is 10.4. The van der Waals surface area contributed by atoms with E-state index < -0.39 is 5.54 Å². The van der Waals surface area contributed by atoms with Gasteiger partial charge in [-0.15, -0.1) is 0 Å². The van der Waals surface area contributed by atoms with Crippen LogP contribution < -0.4 is 5.32 Å². The van der Waals surface area contributed by atoms with Gasteiger partial charge in [0.2, 0.25) is 5.91 Å². The standard InChI is InChI=1S/C23H28FN3O2/c24-21-7-5-20(6-8-21)23(9-13-29-14-10-23)26-22(28)19-4-2-12-27(17-19)16-18-3-1-11-25-15-18/h1,3,5-8,11,15,19H,2,4,9-10,12-14,16-17H2,(H,26,28). The van der Waals surface area contributed by atoms with Crippen molar-refractivity contribution in [1.82, 2.24) is 15.2 Å². The second-order valence-corrected chi connectivity index (χ2v) is 8.13. The molecule has 3 heterocycles. The molecule has 1 aromatic heterocycles. The Morgan fingerprint density at radius 3 is 2.76 bits per heavy atom. The molecule has 154 valence electrons. The average Bonchev–Trinajstić information content (AvgIpc) is 2.76. The van der Waals surface area contributed by atoms with Gasteiger partial charge in [0.25, 0.3) is 0 Å². The summed E-state index contributed by atoms with van der Waals surface area (Å²) in [6.07, 6.45) is 6.97. The van der Waals surface area contributed by atoms with Crippen LogP contribution in [0.2, 0.25) is 0 Å². The van der Waals surface area contributed by atoms with Crippen LogP contribution in [0.5, 0.6) is 0 Å². The van der Waals surface area contributed by atoms with Crippen LogP contribution in [-0.2, 0) is 21.6 Å². The maximum atomic E-state index is 13.4. The molecule has 2 aliphatic rings. The van der Waals surface area contributed by atoms with Gasteiger partial charge < -0.3 is 10.1 Å². The van der Waals surface area contributed by atoms with Crippen LogP contribution in [0.1, 0.15) is 36.8 Å². The van der Waals surface area contributed by atoms with Crippen molar-refractivity contribution in [1.29, 1.82) is 0 Å². The van der Waals surface area contributed by atoms with Crippen LogP contribution in [0, 0.1) is 11.7 Å². The zero-order chi connectivity index (χ0) is 20.1. The number of ether oxygens (including phenoxy) is 1. The Morgan fingerprint density at radius 1 is 1.24 bits per heavy atom. The fourth-order valence-electron chi connectivity index (χ4n) is 4.48. The molecule has 1 atom stereocenters. The van der Waals surface area contributed by atoms with Gasteiger partial charge in [0, 0.05) is 38.7 Å². The Bertz CT molecular complexity index is 807. The third-order valence-electron chi connectivity index (χ3n) is 6.11. The third-order valence-corrected chi connectivity index (χ3v) is 6.11. The van der Waals surface area contributed by atoms with E-state index in [2.05, 4.69) is 21.3 Å². The minimum absolute atomic E-state index is 0.0411. The number of aromatic nitrogens is 1. The normalized spacial score (nSPS) is 22.2. The zero-order valence-electron chi connectivity index (χ0n) is 16.6. The van der Waals surface area contributed by atoms with E-state index in [-0.39, 0.29) is 17.6 Å². The number of nitrogens with one attached hydrogen (secondary N) is 1. The van der Waals surface area contributed by atoms with Crippen molar-refractivity contribution in [3.8, 4) is 0 Å². The van der Waals surface area contributed by atoms with E-state index >= 15 is 0 Å². The number of likely N-dealkylation sites (tertiary alicyclic amines) is 1. The number of nitrogens with zero attached hydrogens (tertiary/aromatic N) is 2. The lowest BCUT2D eigenvalue weighted by molar-refractivity contribution is -0.130. The molecule has 2 aromatic rings. The number of carbonyl (C=O) groups is 1. The molecule has 2 saturated heterocycles. The molecule has 2 aliphatic heterocycles. The summed E-state index contributed by atoms with van der Waals surface area (Å²) < 4.78 is 19.0. The number of hydrogen-bond acceptors (Lipinski definition) is 4. The lowest BCUT2D eigenvalue weighted by Crippen LogP contribution is -2.53. The molecule has 1 unspecified atom stereocenters. The molecule has 0 saturated carbocycles. The highest BCUT2D eigenvalue weighted by Crippen LogP contribution is 2.33. The van der Waals surface area contributed by atoms with Crippen molar-refractivity contribution < 1.29 is 13.9 Å². The number of halogens is 1. The van der Waals surface area contributed by atoms with Gasteiger partial charge in [-0.25, -0.2) is 4.39 Å². The largest absolute Gasteiger partial charge is 0.381 e. The highest BCUT2D eigenvalue weighted by Gasteiger charge is 2.38. The number of rotatable bonds is 5. The molecule has 0 radical (unpaired) electrons. The molecular formula is C23H28FN3O2. The van der Waals surface area contributed by atoms with Gasteiger partial charge >= 0.3 is 0 Å². The maximum absolute atomic E-state index is 13.4. The summed E-state index contributed by atoms with van der Waals surface area (Å²) in [4.78, 5) is 19.8. The van der Waals surface area contributed by atoms with Gasteiger partial charge in [-0.1, -0.05) is 18.2 Å². The van der Waals surface area contributed by atoms with Crippen LogP contribution >= 0.6 is 0 Å². The van der Waals surface area contributed by atoms with Gasteiger partial charge in [-0.3, -0.25) is 14.7 Å². The van der Waals surface area contributed by atoms with Crippen molar-refractivity contribution >= 4 is 5.91 Å². The molecule has 0 bridgehead atoms. The summed E-state index contributed by atoms with van der Waals surface area (Å²) in [5, 5.41) is 3.34. The second kappa shape index (κ2) is 9.01. The van der Waals surface area contributed by atoms with E-state index in [0.717, 1.165) is 38.0 Å². The first-order valence-corrected chi connectivity index (χ1v) is 10.4. The smallest absolute Gasteiger partial charge is 0.225 e. The molecule has 4 rings (SSSR count). The lowest BCUT2D eigenvalue weighted by Gasteiger charge is -2.40. The highest BCUT2D eigenvalue weighted by atomic mass is 19.1. The Balaban J connectivity index is 1.45. The number of carbonyl (C=O) groups excluding carboxylic acids is 1. The lowest BCUT2D eigenvalue weighted by atomic mass is 9.81. The zero-order valence-corrected chi connectivity index (χ0v) is 16.6. The van der Waals surface area contributed by atoms with Crippen LogP contribution in [0.4, 0.5) is 4.39 Å². The fraction of sp³-hybridized carbons (Fsp3) is 0.478. The molecule has 6 heteroatoms. The van der Waals surface area contributed by atoms with Crippen molar-refractivity contribution in [2.45, 2.75) is 37.8 Å². The molecule has 1 N–H and O–H groups in total. The van der Waals surface area contributed by atoms with Crippen molar-refractivity contribution in [3.05, 3.63) is 65.7 Å². The first-order chi connectivity index (χ1) is 14.1. The number of hydrogen-bond donors (Lipinski definition) is 1. The summed E-state index contributed by atoms with van der Waals surface area (Å²) in [7, 11) is 0. The minimum atomic E-state index is -0.478. The SMILES string of the molecule is O=C(NC1(c2ccc(F)cc2)CCOCC1)C1CCCN(Cc2cccnc2)C1. The van der Waals surface area contributed by atoms with Crippen LogP contribution in [0.15, 0.2) is 48.8 Å². The van der Waals surface area contributed by atoms with E-state index in [0.29, 0.717) is 26.1 Å². The summed E-state index contributed by atoms with van der Waals surface area (Å²) in [6.45, 7) is 3.74. The van der Waals surface area contributed by atoms with Crippen LogP contribution in [0.25, 0.3) is 0 Å². The van der Waals surface area contributed by atoms with E-state index in [1.165, 1.54) is 17.7 Å². The van der Waals surface area contributed by atoms with Gasteiger partial charge in [0.05, 0.1) is 11.5 Å². The van der Waals surface area contributed by atoms with Gasteiger partial charge in [0.15, 0.2) is 0 Å². The number of amides is 1. The predicted octanol–water partition coefficient (Wildman–Crippen LogP) is 3.25. The highest BCUT2D eigenvalue weighted by molar-refractivity contribution is 5.80. The van der Waals surface area contributed by atoms with Crippen molar-refractivity contribution in [3.63, 3.8) is 0 Å². The number of pyridine rings is 1. The van der Waals surface area contributed by atoms with Gasteiger partial charge in [0.1, 0.15) is 5.82 Å². The number of piperidine rings is 1. The van der Waals surface area contributed by atoms with Crippen LogP contribution in [-0.4, -0.2) is 42.1 Å². The van der Waals surface area contributed by atoms with E-state index in [1.807, 2.05) is 12.3 Å². The van der Waals surface area contributed by atoms with Gasteiger partial charge in [-0.05, 0) is 61.6 Å². The van der Waals surface area contributed by atoms with E-state index in [4.69, 9.17) is 4.74 Å². The summed E-state index contributed by atoms with van der Waals surface area (Å²) in [6, 6.07) is 10.5. The molecule has 0 spiro atoms. The Labute approximate surface area is 171 Å². The van der Waals surface area contributed by atoms with Crippen molar-refractivity contribution in [2.75, 3.05) is 26.3 Å². The third kappa shape index (κ3) is 4.82. The topological polar surface area (TPSA) is 54.5 Å². The predicted molar refractivity (Wildman–Crippen MR) is 109 cm³/mol. The summed E-state index contributed by atoms with van der Waals surface area (Å²) in [5.74, 6) is -0.215. The van der Waals surface area contributed by atoms with Crippen LogP contribution in [0.3, 0.4) is 0 Å². The molecule has 29 heavy (non-hydrogen) atoms. The average molecular weight is 397 g/mol. The monoisotopic (exact) mass is 397 g/mol. The minimum Gasteiger partial charge on any atom is -0.381 e. The maximum Gasteiger partial charge on any atom is 0.225 e. The Kier molecular flexibility index (Phi) is 6.21.